The maximum atomic E-state index is 6.13. The zero-order valence-electron chi connectivity index (χ0n) is 12.5. The Balaban J connectivity index is 1.55. The van der Waals surface area contributed by atoms with Crippen molar-refractivity contribution < 1.29 is 0 Å². The number of hydrogen-bond donors (Lipinski definition) is 2. The van der Waals surface area contributed by atoms with Gasteiger partial charge in [-0.15, -0.1) is 0 Å². The fourth-order valence-electron chi connectivity index (χ4n) is 3.03. The lowest BCUT2D eigenvalue weighted by atomic mass is 10.1. The summed E-state index contributed by atoms with van der Waals surface area (Å²) in [5, 5.41) is 7.58. The number of nitrogens with one attached hydrogen (secondary N) is 2. The van der Waals surface area contributed by atoms with Crippen molar-refractivity contribution in [1.82, 2.24) is 10.6 Å². The molecule has 0 saturated carbocycles. The fraction of sp³-hybridized carbons (Fsp3) is 0.562. The van der Waals surface area contributed by atoms with Crippen LogP contribution in [-0.4, -0.2) is 38.7 Å². The fourth-order valence-corrected chi connectivity index (χ4v) is 3.20. The number of benzene rings is 1. The van der Waals surface area contributed by atoms with Crippen LogP contribution < -0.4 is 15.5 Å². The Kier molecular flexibility index (Phi) is 4.54. The van der Waals surface area contributed by atoms with Gasteiger partial charge in [0, 0.05) is 43.4 Å². The maximum absolute atomic E-state index is 6.13. The second-order valence-corrected chi connectivity index (χ2v) is 6.36. The van der Waals surface area contributed by atoms with Crippen LogP contribution in [0.1, 0.15) is 18.4 Å². The van der Waals surface area contributed by atoms with E-state index in [1.165, 1.54) is 17.7 Å². The Morgan fingerprint density at radius 3 is 3.19 bits per heavy atom. The first-order valence-corrected chi connectivity index (χ1v) is 8.13. The minimum Gasteiger partial charge on any atom is -0.371 e. The van der Waals surface area contributed by atoms with Gasteiger partial charge < -0.3 is 15.5 Å². The second kappa shape index (κ2) is 6.56. The molecule has 2 aliphatic rings. The summed E-state index contributed by atoms with van der Waals surface area (Å²) in [6, 6.07) is 6.14. The molecule has 0 amide bonds. The van der Waals surface area contributed by atoms with Crippen molar-refractivity contribution in [1.29, 1.82) is 0 Å². The lowest BCUT2D eigenvalue weighted by Gasteiger charge is -2.22. The van der Waals surface area contributed by atoms with Crippen molar-refractivity contribution in [2.45, 2.75) is 19.8 Å². The molecule has 1 atom stereocenters. The Bertz CT molecular complexity index is 529. The zero-order chi connectivity index (χ0) is 14.7. The molecule has 1 saturated heterocycles. The largest absolute Gasteiger partial charge is 0.371 e. The van der Waals surface area contributed by atoms with Gasteiger partial charge in [-0.1, -0.05) is 17.7 Å². The monoisotopic (exact) mass is 306 g/mol. The van der Waals surface area contributed by atoms with E-state index < -0.39 is 0 Å². The van der Waals surface area contributed by atoms with Gasteiger partial charge in [0.2, 0.25) is 0 Å². The molecule has 5 heteroatoms. The second-order valence-electron chi connectivity index (χ2n) is 5.92. The van der Waals surface area contributed by atoms with E-state index in [4.69, 9.17) is 11.6 Å². The smallest absolute Gasteiger partial charge is 0.191 e. The van der Waals surface area contributed by atoms with E-state index >= 15 is 0 Å². The molecular weight excluding hydrogens is 284 g/mol. The van der Waals surface area contributed by atoms with Gasteiger partial charge in [0.05, 0.1) is 0 Å². The van der Waals surface area contributed by atoms with Crippen molar-refractivity contribution >= 4 is 23.2 Å². The van der Waals surface area contributed by atoms with Crippen LogP contribution in [0.2, 0.25) is 5.02 Å². The molecule has 2 N–H and O–H groups in total. The number of guanidine groups is 1. The predicted octanol–water partition coefficient (Wildman–Crippen LogP) is 2.41. The van der Waals surface area contributed by atoms with Crippen LogP contribution in [0.25, 0.3) is 0 Å². The first kappa shape index (κ1) is 14.5. The molecule has 114 valence electrons. The highest BCUT2D eigenvalue weighted by molar-refractivity contribution is 6.30. The molecule has 0 radical (unpaired) electrons. The molecule has 21 heavy (non-hydrogen) atoms. The van der Waals surface area contributed by atoms with Crippen LogP contribution in [0.4, 0.5) is 5.69 Å². The van der Waals surface area contributed by atoms with Gasteiger partial charge in [-0.3, -0.25) is 4.99 Å². The quantitative estimate of drug-likeness (QED) is 0.901. The molecule has 0 aliphatic carbocycles. The maximum Gasteiger partial charge on any atom is 0.191 e. The summed E-state index contributed by atoms with van der Waals surface area (Å²) in [6.45, 7) is 7.30. The molecule has 3 rings (SSSR count). The molecule has 1 fully saturated rings. The van der Waals surface area contributed by atoms with E-state index in [0.717, 1.165) is 50.1 Å². The van der Waals surface area contributed by atoms with Gasteiger partial charge in [0.15, 0.2) is 5.96 Å². The number of aryl methyl sites for hydroxylation is 1. The summed E-state index contributed by atoms with van der Waals surface area (Å²) in [4.78, 5) is 6.90. The normalized spacial score (nSPS) is 21.9. The van der Waals surface area contributed by atoms with Crippen molar-refractivity contribution in [3.8, 4) is 0 Å². The standard InChI is InChI=1S/C16H23ClN4/c1-12-3-4-14(17)9-15(12)21-8-5-13(11-21)10-20-16-18-6-2-7-19-16/h3-4,9,13H,2,5-8,10-11H2,1H3,(H2,18,19,20)/t13-/m1/s1. The minimum atomic E-state index is 0.662. The Morgan fingerprint density at radius 2 is 2.38 bits per heavy atom. The topological polar surface area (TPSA) is 39.7 Å². The molecule has 0 aromatic heterocycles. The van der Waals surface area contributed by atoms with Crippen LogP contribution in [-0.2, 0) is 0 Å². The van der Waals surface area contributed by atoms with Crippen molar-refractivity contribution in [3.05, 3.63) is 28.8 Å². The van der Waals surface area contributed by atoms with Crippen molar-refractivity contribution in [3.63, 3.8) is 0 Å². The van der Waals surface area contributed by atoms with Crippen LogP contribution in [0, 0.1) is 12.8 Å². The molecule has 2 heterocycles. The van der Waals surface area contributed by atoms with E-state index in [9.17, 15) is 0 Å². The summed E-state index contributed by atoms with van der Waals surface area (Å²) >= 11 is 6.13. The summed E-state index contributed by atoms with van der Waals surface area (Å²) in [5.74, 6) is 1.63. The van der Waals surface area contributed by atoms with Crippen LogP contribution in [0.15, 0.2) is 23.2 Å². The van der Waals surface area contributed by atoms with Crippen LogP contribution >= 0.6 is 11.6 Å². The van der Waals surface area contributed by atoms with E-state index in [1.54, 1.807) is 0 Å². The first-order chi connectivity index (χ1) is 10.2. The molecule has 2 aliphatic heterocycles. The average molecular weight is 307 g/mol. The Morgan fingerprint density at radius 1 is 1.48 bits per heavy atom. The third-order valence-corrected chi connectivity index (χ3v) is 4.49. The van der Waals surface area contributed by atoms with Gasteiger partial charge in [-0.25, -0.2) is 0 Å². The number of nitrogens with zero attached hydrogens (tertiary/aromatic N) is 2. The zero-order valence-corrected chi connectivity index (χ0v) is 13.3. The lowest BCUT2D eigenvalue weighted by molar-refractivity contribution is 0.560. The average Bonchev–Trinajstić information content (AvgIpc) is 2.97. The number of anilines is 1. The van der Waals surface area contributed by atoms with E-state index in [0.29, 0.717) is 5.92 Å². The number of rotatable bonds is 3. The van der Waals surface area contributed by atoms with Crippen molar-refractivity contribution in [2.75, 3.05) is 37.6 Å². The molecule has 1 aromatic carbocycles. The molecule has 0 bridgehead atoms. The van der Waals surface area contributed by atoms with Gasteiger partial charge in [-0.05, 0) is 43.4 Å². The molecule has 1 aromatic rings. The molecular formula is C16H23ClN4. The highest BCUT2D eigenvalue weighted by Gasteiger charge is 2.24. The van der Waals surface area contributed by atoms with Gasteiger partial charge in [0.25, 0.3) is 0 Å². The highest BCUT2D eigenvalue weighted by atomic mass is 35.5. The summed E-state index contributed by atoms with van der Waals surface area (Å²) < 4.78 is 0. The summed E-state index contributed by atoms with van der Waals surface area (Å²) in [5.41, 5.74) is 2.57. The Hall–Kier alpha value is -1.42. The van der Waals surface area contributed by atoms with E-state index in [-0.39, 0.29) is 0 Å². The lowest BCUT2D eigenvalue weighted by Crippen LogP contribution is -2.43. The van der Waals surface area contributed by atoms with E-state index in [1.807, 2.05) is 6.07 Å². The SMILES string of the molecule is Cc1ccc(Cl)cc1N1CC[C@H](CNC2=NCCCN2)C1. The summed E-state index contributed by atoms with van der Waals surface area (Å²) in [6.07, 6.45) is 2.35. The third-order valence-electron chi connectivity index (χ3n) is 4.25. The van der Waals surface area contributed by atoms with E-state index in [2.05, 4.69) is 39.6 Å². The molecule has 4 nitrogen and oxygen atoms in total. The van der Waals surface area contributed by atoms with Gasteiger partial charge in [0.1, 0.15) is 0 Å². The van der Waals surface area contributed by atoms with Crippen LogP contribution in [0.5, 0.6) is 0 Å². The van der Waals surface area contributed by atoms with Crippen molar-refractivity contribution in [2.24, 2.45) is 10.9 Å². The van der Waals surface area contributed by atoms with Gasteiger partial charge >= 0.3 is 0 Å². The predicted molar refractivity (Wildman–Crippen MR) is 89.4 cm³/mol. The summed E-state index contributed by atoms with van der Waals surface area (Å²) in [7, 11) is 0. The molecule has 0 spiro atoms. The highest BCUT2D eigenvalue weighted by Crippen LogP contribution is 2.29. The third kappa shape index (κ3) is 3.62. The molecule has 0 unspecified atom stereocenters. The number of halogens is 1. The Labute approximate surface area is 131 Å². The number of hydrogen-bond acceptors (Lipinski definition) is 4. The minimum absolute atomic E-state index is 0.662. The van der Waals surface area contributed by atoms with Crippen LogP contribution in [0.3, 0.4) is 0 Å². The van der Waals surface area contributed by atoms with Gasteiger partial charge in [-0.2, -0.15) is 0 Å². The number of aliphatic imine (C=N–C) groups is 1. The first-order valence-electron chi connectivity index (χ1n) is 7.75.